The molecule has 0 N–H and O–H groups in total. The fraction of sp³-hybridized carbons (Fsp3) is 0.885. The topological polar surface area (TPSA) is 17.1 Å². The Balaban J connectivity index is 3.46. The van der Waals surface area contributed by atoms with Crippen molar-refractivity contribution < 1.29 is 9.28 Å². The van der Waals surface area contributed by atoms with Crippen molar-refractivity contribution in [2.75, 3.05) is 20.6 Å². The fourth-order valence-corrected chi connectivity index (χ4v) is 3.71. The highest BCUT2D eigenvalue weighted by molar-refractivity contribution is 5.68. The van der Waals surface area contributed by atoms with Crippen LogP contribution in [0.4, 0.5) is 0 Å². The second-order valence-corrected chi connectivity index (χ2v) is 9.20. The highest BCUT2D eigenvalue weighted by atomic mass is 16.2. The van der Waals surface area contributed by atoms with E-state index in [2.05, 4.69) is 40.1 Å². The number of quaternary nitrogens is 1. The molecule has 166 valence electrons. The second kappa shape index (κ2) is 19.7. The van der Waals surface area contributed by atoms with Gasteiger partial charge in [0.05, 0.1) is 27.1 Å². The minimum atomic E-state index is 0.425. The molecule has 0 rings (SSSR count). The predicted octanol–water partition coefficient (Wildman–Crippen LogP) is 8.21. The van der Waals surface area contributed by atoms with Crippen molar-refractivity contribution in [1.82, 2.24) is 0 Å². The van der Waals surface area contributed by atoms with Crippen molar-refractivity contribution in [3.8, 4) is 0 Å². The zero-order chi connectivity index (χ0) is 20.9. The Hall–Kier alpha value is -0.630. The number of unbranched alkanes of at least 4 members (excludes halogenated alkanes) is 14. The Morgan fingerprint density at radius 1 is 0.607 bits per heavy atom. The van der Waals surface area contributed by atoms with Gasteiger partial charge in [-0.05, 0) is 44.9 Å². The Morgan fingerprint density at radius 2 is 1.04 bits per heavy atom. The van der Waals surface area contributed by atoms with Gasteiger partial charge in [-0.3, -0.25) is 4.48 Å². The minimum Gasteiger partial charge on any atom is -0.265 e. The number of carbonyl (C=O) groups excluding carboxylic acids is 1. The first-order valence-electron chi connectivity index (χ1n) is 12.6. The third-order valence-corrected chi connectivity index (χ3v) is 5.90. The summed E-state index contributed by atoms with van der Waals surface area (Å²) < 4.78 is 0.577. The van der Waals surface area contributed by atoms with Gasteiger partial charge in [0.1, 0.15) is 0 Å². The second-order valence-electron chi connectivity index (χ2n) is 9.20. The van der Waals surface area contributed by atoms with Crippen LogP contribution >= 0.6 is 0 Å². The number of amides is 1. The molecule has 0 saturated carbocycles. The summed E-state index contributed by atoms with van der Waals surface area (Å²) in [6.45, 7) is 5.51. The molecule has 0 heterocycles. The molecule has 0 radical (unpaired) electrons. The van der Waals surface area contributed by atoms with E-state index in [1.54, 1.807) is 0 Å². The Labute approximate surface area is 177 Å². The SMILES string of the molecule is CCCCCCCCC=CCCCCCCCC(=O)[N+](C)(C)CCCCCC. The van der Waals surface area contributed by atoms with Crippen LogP contribution in [0.15, 0.2) is 12.2 Å². The molecule has 0 bridgehead atoms. The molecule has 0 aromatic heterocycles. The molecule has 0 unspecified atom stereocenters. The lowest BCUT2D eigenvalue weighted by Gasteiger charge is -2.27. The number of allylic oxidation sites excluding steroid dienone is 2. The molecule has 2 nitrogen and oxygen atoms in total. The molecule has 28 heavy (non-hydrogen) atoms. The van der Waals surface area contributed by atoms with Crippen LogP contribution < -0.4 is 0 Å². The van der Waals surface area contributed by atoms with Crippen LogP contribution in [-0.4, -0.2) is 31.0 Å². The maximum Gasteiger partial charge on any atom is 0.313 e. The fourth-order valence-electron chi connectivity index (χ4n) is 3.71. The van der Waals surface area contributed by atoms with E-state index in [1.165, 1.54) is 103 Å². The monoisotopic (exact) mass is 394 g/mol. The normalized spacial score (nSPS) is 12.1. The van der Waals surface area contributed by atoms with E-state index in [9.17, 15) is 4.79 Å². The maximum absolute atomic E-state index is 12.4. The molecule has 0 spiro atoms. The van der Waals surface area contributed by atoms with E-state index in [-0.39, 0.29) is 0 Å². The van der Waals surface area contributed by atoms with Gasteiger partial charge in [-0.25, -0.2) is 4.79 Å². The van der Waals surface area contributed by atoms with E-state index >= 15 is 0 Å². The summed E-state index contributed by atoms with van der Waals surface area (Å²) in [5, 5.41) is 0. The lowest BCUT2D eigenvalue weighted by molar-refractivity contribution is -0.814. The third-order valence-electron chi connectivity index (χ3n) is 5.90. The third kappa shape index (κ3) is 17.5. The quantitative estimate of drug-likeness (QED) is 0.115. The Kier molecular flexibility index (Phi) is 19.2. The van der Waals surface area contributed by atoms with Gasteiger partial charge in [-0.2, -0.15) is 0 Å². The molecule has 0 aliphatic carbocycles. The summed E-state index contributed by atoms with van der Waals surface area (Å²) in [5.74, 6) is 0.425. The number of carbonyl (C=O) groups is 1. The van der Waals surface area contributed by atoms with Gasteiger partial charge in [0, 0.05) is 0 Å². The lowest BCUT2D eigenvalue weighted by Crippen LogP contribution is -2.46. The van der Waals surface area contributed by atoms with Gasteiger partial charge >= 0.3 is 5.91 Å². The van der Waals surface area contributed by atoms with Gasteiger partial charge in [0.2, 0.25) is 0 Å². The lowest BCUT2D eigenvalue weighted by atomic mass is 10.1. The minimum absolute atomic E-state index is 0.425. The molecular weight excluding hydrogens is 342 g/mol. The number of nitrogens with zero attached hydrogens (tertiary/aromatic N) is 1. The molecular formula is C26H52NO+. The smallest absolute Gasteiger partial charge is 0.265 e. The predicted molar refractivity (Wildman–Crippen MR) is 126 cm³/mol. The van der Waals surface area contributed by atoms with Gasteiger partial charge in [-0.1, -0.05) is 90.2 Å². The largest absolute Gasteiger partial charge is 0.313 e. The molecule has 0 aromatic carbocycles. The van der Waals surface area contributed by atoms with E-state index < -0.39 is 0 Å². The molecule has 0 aromatic rings. The highest BCUT2D eigenvalue weighted by Crippen LogP contribution is 2.13. The van der Waals surface area contributed by atoms with Gasteiger partial charge in [-0.15, -0.1) is 0 Å². The van der Waals surface area contributed by atoms with Crippen LogP contribution in [0.5, 0.6) is 0 Å². The number of hydrogen-bond donors (Lipinski definition) is 0. The summed E-state index contributed by atoms with van der Waals surface area (Å²) >= 11 is 0. The number of hydrogen-bond acceptors (Lipinski definition) is 1. The summed E-state index contributed by atoms with van der Waals surface area (Å²) in [4.78, 5) is 12.4. The molecule has 2 heteroatoms. The van der Waals surface area contributed by atoms with Crippen LogP contribution in [0, 0.1) is 0 Å². The van der Waals surface area contributed by atoms with Crippen LogP contribution in [0.3, 0.4) is 0 Å². The van der Waals surface area contributed by atoms with Gasteiger partial charge in [0.25, 0.3) is 0 Å². The zero-order valence-electron chi connectivity index (χ0n) is 19.9. The molecule has 0 atom stereocenters. The van der Waals surface area contributed by atoms with Crippen molar-refractivity contribution in [3.05, 3.63) is 12.2 Å². The summed E-state index contributed by atoms with van der Waals surface area (Å²) in [5.41, 5.74) is 0. The maximum atomic E-state index is 12.4. The summed E-state index contributed by atoms with van der Waals surface area (Å²) in [6.07, 6.45) is 27.5. The van der Waals surface area contributed by atoms with Crippen molar-refractivity contribution in [3.63, 3.8) is 0 Å². The van der Waals surface area contributed by atoms with E-state index in [0.717, 1.165) is 19.4 Å². The molecule has 0 aliphatic rings. The van der Waals surface area contributed by atoms with Crippen LogP contribution in [0.25, 0.3) is 0 Å². The summed E-state index contributed by atoms with van der Waals surface area (Å²) in [6, 6.07) is 0. The first kappa shape index (κ1) is 27.4. The van der Waals surface area contributed by atoms with Crippen molar-refractivity contribution in [2.24, 2.45) is 0 Å². The van der Waals surface area contributed by atoms with Crippen LogP contribution in [-0.2, 0) is 4.79 Å². The standard InChI is InChI=1S/C26H52NO/c1-5-7-9-11-12-13-14-15-16-17-18-19-20-21-22-24-26(28)27(3,4)25-23-10-8-6-2/h15-16H,5-14,17-25H2,1-4H3/q+1. The van der Waals surface area contributed by atoms with E-state index in [1.807, 2.05) is 0 Å². The molecule has 0 fully saturated rings. The van der Waals surface area contributed by atoms with Gasteiger partial charge in [0.15, 0.2) is 0 Å². The Bertz CT molecular complexity index is 373. The average Bonchev–Trinajstić information content (AvgIpc) is 2.68. The number of rotatable bonds is 20. The summed E-state index contributed by atoms with van der Waals surface area (Å²) in [7, 11) is 4.18. The first-order chi connectivity index (χ1) is 13.5. The highest BCUT2D eigenvalue weighted by Gasteiger charge is 2.24. The average molecular weight is 395 g/mol. The van der Waals surface area contributed by atoms with E-state index in [4.69, 9.17) is 0 Å². The van der Waals surface area contributed by atoms with Crippen molar-refractivity contribution in [1.29, 1.82) is 0 Å². The zero-order valence-corrected chi connectivity index (χ0v) is 19.9. The van der Waals surface area contributed by atoms with Crippen molar-refractivity contribution >= 4 is 5.91 Å². The Morgan fingerprint density at radius 3 is 1.57 bits per heavy atom. The molecule has 1 amide bonds. The van der Waals surface area contributed by atoms with Crippen molar-refractivity contribution in [2.45, 2.75) is 129 Å². The molecule has 0 saturated heterocycles. The van der Waals surface area contributed by atoms with E-state index in [0.29, 0.717) is 10.4 Å². The van der Waals surface area contributed by atoms with Gasteiger partial charge < -0.3 is 0 Å². The van der Waals surface area contributed by atoms with Crippen LogP contribution in [0.2, 0.25) is 0 Å². The molecule has 0 aliphatic heterocycles. The first-order valence-corrected chi connectivity index (χ1v) is 12.6. The van der Waals surface area contributed by atoms with Crippen LogP contribution in [0.1, 0.15) is 129 Å².